The number of ether oxygens (including phenoxy) is 1. The molecule has 16 heavy (non-hydrogen) atoms. The van der Waals surface area contributed by atoms with Gasteiger partial charge >= 0.3 is 0 Å². The highest BCUT2D eigenvalue weighted by Crippen LogP contribution is 2.31. The van der Waals surface area contributed by atoms with Crippen LogP contribution in [0, 0.1) is 5.92 Å². The van der Waals surface area contributed by atoms with Crippen LogP contribution in [0.3, 0.4) is 0 Å². The molecule has 1 atom stereocenters. The number of nitrogens with zero attached hydrogens (tertiary/aromatic N) is 1. The Hall–Kier alpha value is -0.120. The number of hydrogen-bond acceptors (Lipinski definition) is 3. The summed E-state index contributed by atoms with van der Waals surface area (Å²) in [6.07, 6.45) is 7.15. The van der Waals surface area contributed by atoms with E-state index >= 15 is 0 Å². The Labute approximate surface area is 99.5 Å². The Bertz CT molecular complexity index is 194. The van der Waals surface area contributed by atoms with E-state index in [0.717, 1.165) is 31.7 Å². The third-order valence-electron chi connectivity index (χ3n) is 3.80. The molecule has 1 aliphatic heterocycles. The van der Waals surface area contributed by atoms with E-state index in [1.165, 1.54) is 45.2 Å². The molecule has 0 bridgehead atoms. The van der Waals surface area contributed by atoms with Crippen molar-refractivity contribution in [3.8, 4) is 0 Å². The first-order valence-corrected chi connectivity index (χ1v) is 6.84. The molecule has 1 N–H and O–H groups in total. The van der Waals surface area contributed by atoms with Gasteiger partial charge in [-0.1, -0.05) is 6.42 Å². The smallest absolute Gasteiger partial charge is 0.0587 e. The normalized spacial score (nSPS) is 27.2. The molecule has 1 aliphatic carbocycles. The van der Waals surface area contributed by atoms with Crippen LogP contribution in [-0.4, -0.2) is 50.8 Å². The van der Waals surface area contributed by atoms with Crippen molar-refractivity contribution in [2.45, 2.75) is 38.1 Å². The minimum absolute atomic E-state index is 0.784. The Morgan fingerprint density at radius 1 is 1.25 bits per heavy atom. The maximum atomic E-state index is 5.06. The number of nitrogens with one attached hydrogen (secondary N) is 1. The molecule has 1 saturated heterocycles. The molecule has 94 valence electrons. The maximum absolute atomic E-state index is 5.06. The topological polar surface area (TPSA) is 24.5 Å². The van der Waals surface area contributed by atoms with Crippen molar-refractivity contribution >= 4 is 0 Å². The first kappa shape index (κ1) is 12.3. The Balaban J connectivity index is 1.66. The zero-order chi connectivity index (χ0) is 11.2. The number of methoxy groups -OCH3 is 1. The minimum Gasteiger partial charge on any atom is -0.383 e. The molecule has 0 amide bonds. The van der Waals surface area contributed by atoms with Crippen LogP contribution in [0.15, 0.2) is 0 Å². The van der Waals surface area contributed by atoms with E-state index in [9.17, 15) is 0 Å². The van der Waals surface area contributed by atoms with Gasteiger partial charge in [-0.15, -0.1) is 0 Å². The van der Waals surface area contributed by atoms with Gasteiger partial charge in [0.25, 0.3) is 0 Å². The quantitative estimate of drug-likeness (QED) is 0.666. The lowest BCUT2D eigenvalue weighted by Crippen LogP contribution is -2.46. The minimum atomic E-state index is 0.784. The molecule has 1 unspecified atom stereocenters. The highest BCUT2D eigenvalue weighted by Gasteiger charge is 2.29. The second kappa shape index (κ2) is 6.58. The van der Waals surface area contributed by atoms with Gasteiger partial charge < -0.3 is 10.1 Å². The van der Waals surface area contributed by atoms with E-state index in [0.29, 0.717) is 0 Å². The molecule has 2 fully saturated rings. The lowest BCUT2D eigenvalue weighted by Gasteiger charge is -2.36. The van der Waals surface area contributed by atoms with Crippen molar-refractivity contribution in [3.63, 3.8) is 0 Å². The van der Waals surface area contributed by atoms with E-state index in [1.807, 2.05) is 0 Å². The van der Waals surface area contributed by atoms with E-state index in [-0.39, 0.29) is 0 Å². The lowest BCUT2D eigenvalue weighted by molar-refractivity contribution is 0.135. The molecular weight excluding hydrogens is 200 g/mol. The zero-order valence-corrected chi connectivity index (χ0v) is 10.6. The van der Waals surface area contributed by atoms with Crippen LogP contribution in [0.25, 0.3) is 0 Å². The van der Waals surface area contributed by atoms with Gasteiger partial charge in [-0.3, -0.25) is 4.90 Å². The molecule has 3 heteroatoms. The maximum Gasteiger partial charge on any atom is 0.0587 e. The van der Waals surface area contributed by atoms with Gasteiger partial charge in [0.05, 0.1) is 6.61 Å². The van der Waals surface area contributed by atoms with Gasteiger partial charge in [0.2, 0.25) is 0 Å². The summed E-state index contributed by atoms with van der Waals surface area (Å²) >= 11 is 0. The van der Waals surface area contributed by atoms with Crippen LogP contribution in [-0.2, 0) is 4.74 Å². The van der Waals surface area contributed by atoms with Gasteiger partial charge in [-0.2, -0.15) is 0 Å². The van der Waals surface area contributed by atoms with Gasteiger partial charge in [-0.25, -0.2) is 0 Å². The van der Waals surface area contributed by atoms with Gasteiger partial charge in [-0.05, 0) is 38.1 Å². The van der Waals surface area contributed by atoms with Crippen LogP contribution in [0.1, 0.15) is 32.1 Å². The highest BCUT2D eigenvalue weighted by molar-refractivity contribution is 4.84. The van der Waals surface area contributed by atoms with E-state index in [4.69, 9.17) is 4.74 Å². The molecule has 3 nitrogen and oxygen atoms in total. The van der Waals surface area contributed by atoms with Crippen molar-refractivity contribution in [2.24, 2.45) is 5.92 Å². The average Bonchev–Trinajstić information content (AvgIpc) is 3.10. The average molecular weight is 226 g/mol. The molecular formula is C13H26N2O. The van der Waals surface area contributed by atoms with E-state index in [1.54, 1.807) is 7.11 Å². The summed E-state index contributed by atoms with van der Waals surface area (Å²) in [4.78, 5) is 2.72. The summed E-state index contributed by atoms with van der Waals surface area (Å²) in [6, 6.07) is 0.784. The predicted octanol–water partition coefficient (Wildman–Crippen LogP) is 1.49. The fourth-order valence-corrected chi connectivity index (χ4v) is 2.61. The van der Waals surface area contributed by atoms with Crippen LogP contribution >= 0.6 is 0 Å². The fourth-order valence-electron chi connectivity index (χ4n) is 2.61. The van der Waals surface area contributed by atoms with Crippen molar-refractivity contribution in [1.29, 1.82) is 0 Å². The number of piperidine rings is 1. The van der Waals surface area contributed by atoms with Gasteiger partial charge in [0, 0.05) is 32.8 Å². The molecule has 2 rings (SSSR count). The molecule has 0 aromatic carbocycles. The fraction of sp³-hybridized carbons (Fsp3) is 1.00. The van der Waals surface area contributed by atoms with Gasteiger partial charge in [0.15, 0.2) is 0 Å². The molecule has 2 aliphatic rings. The second-order valence-electron chi connectivity index (χ2n) is 5.28. The summed E-state index contributed by atoms with van der Waals surface area (Å²) in [6.45, 7) is 5.65. The highest BCUT2D eigenvalue weighted by atomic mass is 16.5. The Morgan fingerprint density at radius 2 is 2.12 bits per heavy atom. The summed E-state index contributed by atoms with van der Waals surface area (Å²) in [5.41, 5.74) is 0. The lowest BCUT2D eigenvalue weighted by atomic mass is 10.0. The predicted molar refractivity (Wildman–Crippen MR) is 66.7 cm³/mol. The summed E-state index contributed by atoms with van der Waals surface area (Å²) in [5.74, 6) is 1.03. The second-order valence-corrected chi connectivity index (χ2v) is 5.28. The van der Waals surface area contributed by atoms with Crippen LogP contribution < -0.4 is 5.32 Å². The first-order chi connectivity index (χ1) is 7.90. The summed E-state index contributed by atoms with van der Waals surface area (Å²) in [5, 5.41) is 3.51. The zero-order valence-electron chi connectivity index (χ0n) is 10.6. The number of rotatable bonds is 7. The third-order valence-corrected chi connectivity index (χ3v) is 3.80. The van der Waals surface area contributed by atoms with Crippen LogP contribution in [0.4, 0.5) is 0 Å². The molecule has 0 spiro atoms. The molecule has 0 aromatic rings. The summed E-state index contributed by atoms with van der Waals surface area (Å²) < 4.78 is 5.06. The van der Waals surface area contributed by atoms with E-state index < -0.39 is 0 Å². The van der Waals surface area contributed by atoms with Crippen molar-refractivity contribution in [2.75, 3.05) is 39.9 Å². The monoisotopic (exact) mass is 226 g/mol. The molecule has 0 radical (unpaired) electrons. The SMILES string of the molecule is COCCNCC1CCCCN1CC1CC1. The molecule has 0 aromatic heterocycles. The van der Waals surface area contributed by atoms with E-state index in [2.05, 4.69) is 10.2 Å². The first-order valence-electron chi connectivity index (χ1n) is 6.84. The standard InChI is InChI=1S/C13H26N2O/c1-16-9-7-14-10-13-4-2-3-8-15(13)11-12-5-6-12/h12-14H,2-11H2,1H3. The largest absolute Gasteiger partial charge is 0.383 e. The van der Waals surface area contributed by atoms with Crippen molar-refractivity contribution in [3.05, 3.63) is 0 Å². The molecule has 1 saturated carbocycles. The van der Waals surface area contributed by atoms with Gasteiger partial charge in [0.1, 0.15) is 0 Å². The van der Waals surface area contributed by atoms with Crippen molar-refractivity contribution in [1.82, 2.24) is 10.2 Å². The molecule has 1 heterocycles. The van der Waals surface area contributed by atoms with Crippen molar-refractivity contribution < 1.29 is 4.74 Å². The number of likely N-dealkylation sites (tertiary alicyclic amines) is 1. The third kappa shape index (κ3) is 4.04. The van der Waals surface area contributed by atoms with Crippen LogP contribution in [0.5, 0.6) is 0 Å². The van der Waals surface area contributed by atoms with Crippen LogP contribution in [0.2, 0.25) is 0 Å². The summed E-state index contributed by atoms with van der Waals surface area (Å²) in [7, 11) is 1.77. The number of hydrogen-bond donors (Lipinski definition) is 1. The Kier molecular flexibility index (Phi) is 5.07. The Morgan fingerprint density at radius 3 is 2.88 bits per heavy atom.